The number of hydrogen-bond donors (Lipinski definition) is 2. The van der Waals surface area contributed by atoms with Gasteiger partial charge in [0.15, 0.2) is 5.13 Å². The molecule has 0 aliphatic heterocycles. The average Bonchev–Trinajstić information content (AvgIpc) is 3.10. The third-order valence-corrected chi connectivity index (χ3v) is 4.80. The van der Waals surface area contributed by atoms with Crippen molar-refractivity contribution in [3.63, 3.8) is 0 Å². The van der Waals surface area contributed by atoms with Crippen LogP contribution in [0.4, 0.5) is 9.52 Å². The minimum Gasteiger partial charge on any atom is -0.392 e. The highest BCUT2D eigenvalue weighted by molar-refractivity contribution is 7.15. The number of benzene rings is 1. The number of hydrogen-bond acceptors (Lipinski definition) is 4. The van der Waals surface area contributed by atoms with Crippen molar-refractivity contribution in [1.82, 2.24) is 4.98 Å². The number of rotatable bonds is 4. The first-order valence-corrected chi connectivity index (χ1v) is 8.11. The summed E-state index contributed by atoms with van der Waals surface area (Å²) in [5.41, 5.74) is 0.995. The number of carbonyl (C=O) groups is 1. The summed E-state index contributed by atoms with van der Waals surface area (Å²) in [6.45, 7) is 0. The van der Waals surface area contributed by atoms with E-state index < -0.39 is 6.10 Å². The number of nitrogens with one attached hydrogen (secondary N) is 1. The first kappa shape index (κ1) is 15.1. The van der Waals surface area contributed by atoms with E-state index in [0.29, 0.717) is 18.0 Å². The summed E-state index contributed by atoms with van der Waals surface area (Å²) in [4.78, 5) is 17.3. The number of anilines is 1. The number of aliphatic hydroxyl groups is 1. The molecular formula is C16H17FN2O2S. The predicted octanol–water partition coefficient (Wildman–Crippen LogP) is 2.97. The molecule has 2 aromatic rings. The Bertz CT molecular complexity index is 656. The number of amides is 1. The maximum atomic E-state index is 12.9. The van der Waals surface area contributed by atoms with Crippen LogP contribution in [0.1, 0.15) is 29.7 Å². The fourth-order valence-electron chi connectivity index (χ4n) is 2.69. The van der Waals surface area contributed by atoms with Gasteiger partial charge in [-0.2, -0.15) is 0 Å². The molecule has 3 rings (SSSR count). The van der Waals surface area contributed by atoms with E-state index in [4.69, 9.17) is 0 Å². The Kier molecular flexibility index (Phi) is 4.49. The molecule has 2 unspecified atom stereocenters. The molecule has 1 amide bonds. The Hall–Kier alpha value is -1.79. The maximum absolute atomic E-state index is 12.9. The Morgan fingerprint density at radius 2 is 2.14 bits per heavy atom. The highest BCUT2D eigenvalue weighted by Crippen LogP contribution is 2.28. The molecule has 22 heavy (non-hydrogen) atoms. The Morgan fingerprint density at radius 1 is 1.36 bits per heavy atom. The van der Waals surface area contributed by atoms with E-state index in [9.17, 15) is 14.3 Å². The van der Waals surface area contributed by atoms with Crippen LogP contribution in [0.2, 0.25) is 0 Å². The number of nitrogens with zero attached hydrogens (tertiary/aromatic N) is 1. The molecule has 0 bridgehead atoms. The van der Waals surface area contributed by atoms with E-state index in [1.54, 1.807) is 18.3 Å². The second-order valence-corrected chi connectivity index (χ2v) is 6.64. The van der Waals surface area contributed by atoms with E-state index in [2.05, 4.69) is 10.3 Å². The summed E-state index contributed by atoms with van der Waals surface area (Å²) < 4.78 is 12.9. The first-order valence-electron chi connectivity index (χ1n) is 7.30. The fourth-order valence-corrected chi connectivity index (χ4v) is 3.54. The van der Waals surface area contributed by atoms with Crippen molar-refractivity contribution in [3.05, 3.63) is 46.7 Å². The van der Waals surface area contributed by atoms with Crippen molar-refractivity contribution in [2.75, 3.05) is 5.32 Å². The summed E-state index contributed by atoms with van der Waals surface area (Å²) in [7, 11) is 0. The van der Waals surface area contributed by atoms with Crippen LogP contribution < -0.4 is 5.32 Å². The van der Waals surface area contributed by atoms with Gasteiger partial charge in [-0.15, -0.1) is 11.3 Å². The van der Waals surface area contributed by atoms with Gasteiger partial charge in [0.1, 0.15) is 5.82 Å². The monoisotopic (exact) mass is 320 g/mol. The summed E-state index contributed by atoms with van der Waals surface area (Å²) in [6, 6.07) is 6.34. The molecule has 0 saturated heterocycles. The largest absolute Gasteiger partial charge is 0.392 e. The van der Waals surface area contributed by atoms with Crippen LogP contribution in [-0.4, -0.2) is 22.1 Å². The predicted molar refractivity (Wildman–Crippen MR) is 83.3 cm³/mol. The lowest BCUT2D eigenvalue weighted by Gasteiger charge is -2.12. The van der Waals surface area contributed by atoms with E-state index >= 15 is 0 Å². The van der Waals surface area contributed by atoms with Crippen molar-refractivity contribution in [3.8, 4) is 0 Å². The van der Waals surface area contributed by atoms with E-state index in [0.717, 1.165) is 23.3 Å². The smallest absolute Gasteiger partial charge is 0.231 e. The second-order valence-electron chi connectivity index (χ2n) is 5.53. The summed E-state index contributed by atoms with van der Waals surface area (Å²) in [5, 5.41) is 13.1. The van der Waals surface area contributed by atoms with Gasteiger partial charge in [0.05, 0.1) is 12.0 Å². The lowest BCUT2D eigenvalue weighted by Crippen LogP contribution is -2.28. The fraction of sp³-hybridized carbons (Fsp3) is 0.375. The van der Waals surface area contributed by atoms with Crippen molar-refractivity contribution in [1.29, 1.82) is 0 Å². The summed E-state index contributed by atoms with van der Waals surface area (Å²) >= 11 is 1.40. The molecule has 1 aliphatic carbocycles. The van der Waals surface area contributed by atoms with Gasteiger partial charge in [-0.05, 0) is 37.0 Å². The molecule has 1 aliphatic rings. The Balaban J connectivity index is 1.61. The number of carbonyl (C=O) groups excluding carboxylic acids is 1. The molecule has 1 fully saturated rings. The minimum absolute atomic E-state index is 0.160. The van der Waals surface area contributed by atoms with Crippen LogP contribution in [0.5, 0.6) is 0 Å². The molecule has 4 nitrogen and oxygen atoms in total. The Morgan fingerprint density at radius 3 is 2.82 bits per heavy atom. The molecule has 1 aromatic carbocycles. The maximum Gasteiger partial charge on any atom is 0.231 e. The zero-order valence-corrected chi connectivity index (χ0v) is 12.8. The standard InChI is InChI=1S/C16H17FN2O2S/c17-11-6-4-10(5-7-11)8-12-9-18-16(22-12)19-15(21)13-2-1-3-14(13)20/h4-7,9,13-14,20H,1-3,8H2,(H,18,19,21). The topological polar surface area (TPSA) is 62.2 Å². The normalized spacial score (nSPS) is 21.0. The van der Waals surface area contributed by atoms with Gasteiger partial charge in [0.25, 0.3) is 0 Å². The van der Waals surface area contributed by atoms with E-state index in [1.165, 1.54) is 23.5 Å². The van der Waals surface area contributed by atoms with Crippen molar-refractivity contribution in [2.45, 2.75) is 31.8 Å². The van der Waals surface area contributed by atoms with E-state index in [-0.39, 0.29) is 17.6 Å². The third-order valence-electron chi connectivity index (χ3n) is 3.89. The molecule has 116 valence electrons. The van der Waals surface area contributed by atoms with Gasteiger partial charge in [-0.1, -0.05) is 12.1 Å². The summed E-state index contributed by atoms with van der Waals surface area (Å²) in [6.07, 6.45) is 4.12. The molecule has 0 radical (unpaired) electrons. The molecule has 2 N–H and O–H groups in total. The van der Waals surface area contributed by atoms with Crippen molar-refractivity contribution in [2.24, 2.45) is 5.92 Å². The zero-order valence-electron chi connectivity index (χ0n) is 12.0. The molecule has 1 saturated carbocycles. The van der Waals surface area contributed by atoms with Gasteiger partial charge in [0.2, 0.25) is 5.91 Å². The molecule has 1 heterocycles. The zero-order chi connectivity index (χ0) is 15.5. The van der Waals surface area contributed by atoms with Gasteiger partial charge in [-0.25, -0.2) is 9.37 Å². The van der Waals surface area contributed by atoms with Crippen LogP contribution >= 0.6 is 11.3 Å². The molecular weight excluding hydrogens is 303 g/mol. The van der Waals surface area contributed by atoms with Crippen LogP contribution in [0.15, 0.2) is 30.5 Å². The number of aliphatic hydroxyl groups excluding tert-OH is 1. The summed E-state index contributed by atoms with van der Waals surface area (Å²) in [5.74, 6) is -0.742. The van der Waals surface area contributed by atoms with Gasteiger partial charge >= 0.3 is 0 Å². The lowest BCUT2D eigenvalue weighted by atomic mass is 10.1. The highest BCUT2D eigenvalue weighted by atomic mass is 32.1. The average molecular weight is 320 g/mol. The van der Waals surface area contributed by atoms with Crippen LogP contribution in [0.3, 0.4) is 0 Å². The van der Waals surface area contributed by atoms with Gasteiger partial charge in [-0.3, -0.25) is 4.79 Å². The molecule has 6 heteroatoms. The van der Waals surface area contributed by atoms with Crippen LogP contribution in [-0.2, 0) is 11.2 Å². The lowest BCUT2D eigenvalue weighted by molar-refractivity contribution is -0.122. The Labute approximate surface area is 132 Å². The molecule has 0 spiro atoms. The van der Waals surface area contributed by atoms with Gasteiger partial charge in [0, 0.05) is 17.5 Å². The van der Waals surface area contributed by atoms with E-state index in [1.807, 2.05) is 0 Å². The van der Waals surface area contributed by atoms with Crippen molar-refractivity contribution < 1.29 is 14.3 Å². The molecule has 1 aromatic heterocycles. The van der Waals surface area contributed by atoms with Crippen LogP contribution in [0, 0.1) is 11.7 Å². The second kappa shape index (κ2) is 6.54. The SMILES string of the molecule is O=C(Nc1ncc(Cc2ccc(F)cc2)s1)C1CCCC1O. The number of thiazole rings is 1. The first-order chi connectivity index (χ1) is 10.6. The molecule has 2 atom stereocenters. The highest BCUT2D eigenvalue weighted by Gasteiger charge is 2.31. The number of aromatic nitrogens is 1. The van der Waals surface area contributed by atoms with Gasteiger partial charge < -0.3 is 10.4 Å². The van der Waals surface area contributed by atoms with Crippen LogP contribution in [0.25, 0.3) is 0 Å². The third kappa shape index (κ3) is 3.51. The van der Waals surface area contributed by atoms with Crippen molar-refractivity contribution >= 4 is 22.4 Å². The minimum atomic E-state index is -0.543. The number of halogens is 1. The quantitative estimate of drug-likeness (QED) is 0.910.